The van der Waals surface area contributed by atoms with Crippen molar-refractivity contribution in [2.24, 2.45) is 0 Å². The number of rotatable bonds is 8. The normalized spacial score (nSPS) is 11.6. The molecule has 6 nitrogen and oxygen atoms in total. The monoisotopic (exact) mass is 466 g/mol. The number of nitrogens with zero attached hydrogens (tertiary/aromatic N) is 3. The third-order valence-corrected chi connectivity index (χ3v) is 7.89. The van der Waals surface area contributed by atoms with Crippen LogP contribution in [0.5, 0.6) is 0 Å². The molecule has 4 aromatic rings. The van der Waals surface area contributed by atoms with E-state index in [0.717, 1.165) is 38.6 Å². The molecule has 0 unspecified atom stereocenters. The Kier molecular flexibility index (Phi) is 6.43. The minimum Gasteiger partial charge on any atom is -0.360 e. The van der Waals surface area contributed by atoms with Crippen LogP contribution in [0.1, 0.15) is 23.1 Å². The van der Waals surface area contributed by atoms with E-state index in [-0.39, 0.29) is 11.4 Å². The second kappa shape index (κ2) is 9.26. The van der Waals surface area contributed by atoms with Gasteiger partial charge in [0.15, 0.2) is 0 Å². The molecule has 1 heterocycles. The Morgan fingerprint density at radius 2 is 1.66 bits per heavy atom. The topological polar surface area (TPSA) is 75.2 Å². The molecule has 0 fully saturated rings. The Labute approximate surface area is 193 Å². The molecular formula is C24H26N4O2S2. The maximum Gasteiger partial charge on any atom is 0.264 e. The van der Waals surface area contributed by atoms with Gasteiger partial charge < -0.3 is 5.32 Å². The van der Waals surface area contributed by atoms with E-state index in [0.29, 0.717) is 12.1 Å². The number of sulfonamides is 1. The van der Waals surface area contributed by atoms with Crippen LogP contribution in [0.2, 0.25) is 0 Å². The molecule has 8 heteroatoms. The van der Waals surface area contributed by atoms with Crippen LogP contribution in [-0.2, 0) is 16.4 Å². The minimum atomic E-state index is -3.78. The Morgan fingerprint density at radius 3 is 2.38 bits per heavy atom. The minimum absolute atomic E-state index is 0.277. The molecule has 0 aliphatic rings. The highest BCUT2D eigenvalue weighted by molar-refractivity contribution is 7.92. The standard InChI is InChI=1S/C24H26N4O2S2/c1-4-25-24-27-26-23(31-24)11-12-28(21-14-17(2)13-18(3)15-21)32(29,30)22-10-9-19-7-5-6-8-20(19)16-22/h5-10,13-16H,4,11-12H2,1-3H3,(H,25,27). The fourth-order valence-electron chi connectivity index (χ4n) is 3.71. The maximum absolute atomic E-state index is 13.8. The van der Waals surface area contributed by atoms with Gasteiger partial charge >= 0.3 is 0 Å². The van der Waals surface area contributed by atoms with Gasteiger partial charge in [0.2, 0.25) is 5.13 Å². The maximum atomic E-state index is 13.8. The molecule has 0 saturated heterocycles. The van der Waals surface area contributed by atoms with E-state index < -0.39 is 10.0 Å². The first-order valence-corrected chi connectivity index (χ1v) is 12.8. The van der Waals surface area contributed by atoms with E-state index in [1.807, 2.05) is 69.3 Å². The summed E-state index contributed by atoms with van der Waals surface area (Å²) in [6.45, 7) is 6.99. The van der Waals surface area contributed by atoms with Crippen molar-refractivity contribution >= 4 is 43.0 Å². The summed E-state index contributed by atoms with van der Waals surface area (Å²) >= 11 is 1.45. The molecule has 0 bridgehead atoms. The molecule has 0 saturated carbocycles. The lowest BCUT2D eigenvalue weighted by Gasteiger charge is -2.25. The van der Waals surface area contributed by atoms with Gasteiger partial charge in [-0.3, -0.25) is 4.31 Å². The van der Waals surface area contributed by atoms with E-state index in [4.69, 9.17) is 0 Å². The fraction of sp³-hybridized carbons (Fsp3) is 0.250. The summed E-state index contributed by atoms with van der Waals surface area (Å²) in [4.78, 5) is 0.279. The van der Waals surface area contributed by atoms with Crippen molar-refractivity contribution in [3.05, 3.63) is 76.8 Å². The Morgan fingerprint density at radius 1 is 0.938 bits per heavy atom. The first-order valence-electron chi connectivity index (χ1n) is 10.5. The van der Waals surface area contributed by atoms with Crippen LogP contribution in [0, 0.1) is 13.8 Å². The molecule has 0 amide bonds. The van der Waals surface area contributed by atoms with Crippen LogP contribution in [0.4, 0.5) is 10.8 Å². The lowest BCUT2D eigenvalue weighted by molar-refractivity contribution is 0.590. The Bertz CT molecular complexity index is 1330. The van der Waals surface area contributed by atoms with Crippen LogP contribution < -0.4 is 9.62 Å². The van der Waals surface area contributed by atoms with Crippen molar-refractivity contribution in [1.82, 2.24) is 10.2 Å². The van der Waals surface area contributed by atoms with E-state index in [9.17, 15) is 8.42 Å². The van der Waals surface area contributed by atoms with Gasteiger partial charge in [-0.2, -0.15) is 0 Å². The molecule has 0 aliphatic carbocycles. The molecule has 3 aromatic carbocycles. The molecule has 1 aromatic heterocycles. The lowest BCUT2D eigenvalue weighted by Crippen LogP contribution is -2.33. The van der Waals surface area contributed by atoms with E-state index in [2.05, 4.69) is 15.5 Å². The number of fused-ring (bicyclic) bond motifs is 1. The summed E-state index contributed by atoms with van der Waals surface area (Å²) in [6, 6.07) is 18.9. The summed E-state index contributed by atoms with van der Waals surface area (Å²) in [5, 5.41) is 14.9. The van der Waals surface area contributed by atoms with Gasteiger partial charge in [-0.1, -0.05) is 47.7 Å². The van der Waals surface area contributed by atoms with Gasteiger partial charge in [0.05, 0.1) is 10.6 Å². The van der Waals surface area contributed by atoms with Crippen molar-refractivity contribution in [1.29, 1.82) is 0 Å². The van der Waals surface area contributed by atoms with Crippen molar-refractivity contribution in [3.8, 4) is 0 Å². The zero-order chi connectivity index (χ0) is 22.7. The van der Waals surface area contributed by atoms with Crippen LogP contribution in [-0.4, -0.2) is 31.7 Å². The molecular weight excluding hydrogens is 440 g/mol. The van der Waals surface area contributed by atoms with Crippen molar-refractivity contribution in [2.75, 3.05) is 22.7 Å². The Hall–Kier alpha value is -2.97. The van der Waals surface area contributed by atoms with Crippen molar-refractivity contribution in [3.63, 3.8) is 0 Å². The zero-order valence-electron chi connectivity index (χ0n) is 18.4. The van der Waals surface area contributed by atoms with Crippen molar-refractivity contribution < 1.29 is 8.42 Å². The van der Waals surface area contributed by atoms with Crippen LogP contribution in [0.25, 0.3) is 10.8 Å². The smallest absolute Gasteiger partial charge is 0.264 e. The fourth-order valence-corrected chi connectivity index (χ4v) is 5.99. The Balaban J connectivity index is 1.72. The van der Waals surface area contributed by atoms with Crippen LogP contribution >= 0.6 is 11.3 Å². The summed E-state index contributed by atoms with van der Waals surface area (Å²) < 4.78 is 29.1. The van der Waals surface area contributed by atoms with Gasteiger partial charge in [0, 0.05) is 19.5 Å². The van der Waals surface area contributed by atoms with Gasteiger partial charge in [-0.05, 0) is 66.9 Å². The highest BCUT2D eigenvalue weighted by Gasteiger charge is 2.26. The van der Waals surface area contributed by atoms with E-state index in [1.54, 1.807) is 12.1 Å². The van der Waals surface area contributed by atoms with Gasteiger partial charge in [-0.15, -0.1) is 10.2 Å². The number of anilines is 2. The summed E-state index contributed by atoms with van der Waals surface area (Å²) in [5.74, 6) is 0. The predicted octanol–water partition coefficient (Wildman–Crippen LogP) is 5.18. The van der Waals surface area contributed by atoms with Crippen molar-refractivity contribution in [2.45, 2.75) is 32.1 Å². The SMILES string of the molecule is CCNc1nnc(CCN(c2cc(C)cc(C)c2)S(=O)(=O)c2ccc3ccccc3c2)s1. The lowest BCUT2D eigenvalue weighted by atomic mass is 10.1. The largest absolute Gasteiger partial charge is 0.360 e. The van der Waals surface area contributed by atoms with Crippen LogP contribution in [0.15, 0.2) is 65.6 Å². The summed E-state index contributed by atoms with van der Waals surface area (Å²) in [5.41, 5.74) is 2.69. The zero-order valence-corrected chi connectivity index (χ0v) is 20.0. The average Bonchev–Trinajstić information content (AvgIpc) is 3.20. The molecule has 4 rings (SSSR count). The molecule has 0 spiro atoms. The highest BCUT2D eigenvalue weighted by Crippen LogP contribution is 2.28. The first-order chi connectivity index (χ1) is 15.4. The third-order valence-electron chi connectivity index (χ3n) is 5.13. The average molecular weight is 467 g/mol. The second-order valence-corrected chi connectivity index (χ2v) is 10.6. The number of benzene rings is 3. The number of hydrogen-bond acceptors (Lipinski definition) is 6. The molecule has 32 heavy (non-hydrogen) atoms. The predicted molar refractivity (Wildman–Crippen MR) is 132 cm³/mol. The quantitative estimate of drug-likeness (QED) is 0.387. The van der Waals surface area contributed by atoms with E-state index >= 15 is 0 Å². The van der Waals surface area contributed by atoms with Crippen LogP contribution in [0.3, 0.4) is 0 Å². The first kappa shape index (κ1) is 22.2. The highest BCUT2D eigenvalue weighted by atomic mass is 32.2. The molecule has 0 radical (unpaired) electrons. The molecule has 166 valence electrons. The van der Waals surface area contributed by atoms with Gasteiger partial charge in [0.25, 0.3) is 10.0 Å². The number of nitrogens with one attached hydrogen (secondary N) is 1. The third kappa shape index (κ3) is 4.76. The number of aryl methyl sites for hydroxylation is 2. The molecule has 1 N–H and O–H groups in total. The summed E-state index contributed by atoms with van der Waals surface area (Å²) in [7, 11) is -3.78. The molecule has 0 aliphatic heterocycles. The second-order valence-electron chi connectivity index (χ2n) is 7.71. The summed E-state index contributed by atoms with van der Waals surface area (Å²) in [6.07, 6.45) is 0.475. The number of aromatic nitrogens is 2. The van der Waals surface area contributed by atoms with Gasteiger partial charge in [-0.25, -0.2) is 8.42 Å². The molecule has 0 atom stereocenters. The number of hydrogen-bond donors (Lipinski definition) is 1. The van der Waals surface area contributed by atoms with E-state index in [1.165, 1.54) is 15.6 Å². The van der Waals surface area contributed by atoms with Gasteiger partial charge in [0.1, 0.15) is 5.01 Å².